The van der Waals surface area contributed by atoms with E-state index in [0.29, 0.717) is 59.5 Å². The van der Waals surface area contributed by atoms with Gasteiger partial charge >= 0.3 is 10.1 Å². The van der Waals surface area contributed by atoms with Crippen molar-refractivity contribution in [3.05, 3.63) is 123 Å². The molecule has 0 aliphatic heterocycles. The summed E-state index contributed by atoms with van der Waals surface area (Å²) in [5, 5.41) is 38.2. The molecule has 0 saturated heterocycles. The first-order valence-corrected chi connectivity index (χ1v) is 30.1. The van der Waals surface area contributed by atoms with Gasteiger partial charge in [-0.25, -0.2) is 9.97 Å². The largest absolute Gasteiger partial charge is 0.396 e. The number of Topliss-reactive ketones (excluding diaryl/α,β-unsaturated/α-hetero) is 2. The second kappa shape index (κ2) is 29.3. The number of carbonyl (C=O) groups is 6. The van der Waals surface area contributed by atoms with Crippen molar-refractivity contribution in [2.75, 3.05) is 69.6 Å². The maximum atomic E-state index is 13.4. The van der Waals surface area contributed by atoms with E-state index in [-0.39, 0.29) is 78.3 Å². The number of thioether (sulfide) groups is 1. The number of aliphatic hydroxyl groups is 1. The highest BCUT2D eigenvalue weighted by Gasteiger charge is 2.25. The van der Waals surface area contributed by atoms with Gasteiger partial charge in [-0.2, -0.15) is 23.4 Å². The number of nitrogens with zero attached hydrogens (tertiary/aromatic N) is 11. The van der Waals surface area contributed by atoms with Gasteiger partial charge in [0, 0.05) is 72.0 Å². The van der Waals surface area contributed by atoms with E-state index < -0.39 is 55.9 Å². The van der Waals surface area contributed by atoms with Crippen LogP contribution >= 0.6 is 34.4 Å². The van der Waals surface area contributed by atoms with Crippen molar-refractivity contribution in [3.63, 3.8) is 0 Å². The fourth-order valence-electron chi connectivity index (χ4n) is 7.94. The maximum absolute atomic E-state index is 13.4. The summed E-state index contributed by atoms with van der Waals surface area (Å²) in [4.78, 5) is 102. The number of carbonyl (C=O) groups excluding carboxylic acids is 6. The molecule has 7 aromatic rings. The van der Waals surface area contributed by atoms with Crippen LogP contribution in [-0.2, 0) is 29.3 Å². The Morgan fingerprint density at radius 1 is 0.640 bits per heavy atom. The van der Waals surface area contributed by atoms with Gasteiger partial charge in [0.25, 0.3) is 11.8 Å². The molecule has 0 unspecified atom stereocenters. The number of amides is 4. The van der Waals surface area contributed by atoms with Gasteiger partial charge in [-0.3, -0.25) is 33.3 Å². The molecule has 0 fully saturated rings. The van der Waals surface area contributed by atoms with E-state index in [0.717, 1.165) is 47.5 Å². The number of hydrogen-bond acceptors (Lipinski definition) is 25. The van der Waals surface area contributed by atoms with Crippen LogP contribution in [0.5, 0.6) is 0 Å². The molecule has 446 valence electrons. The Kier molecular flexibility index (Phi) is 21.8. The van der Waals surface area contributed by atoms with Crippen molar-refractivity contribution >= 4 is 160 Å². The van der Waals surface area contributed by atoms with Gasteiger partial charge in [0.15, 0.2) is 16.7 Å². The standard InChI is InChI=1S/C55H57N17O10S4/c1-7-71(8-2)36-17-19-41(67-69-53-58-29-38(84-53)27-39(30(5)74)48(78)59-34-15-11-13-32(23-34)46(56)76)43(25-36)61-51-64-52(66-54(65-51)83-22-21-73)62-44-26-37(72(9-3)10-4)18-20-42(44)68-70-55-63-50(86(80,81)82)45(85-55)28-40(31(6)75)49(79)60-35-16-12-14-33(24-35)47(57)77/h11-20,23-29,73H,7-10,21-22H2,1-6H3,(H2,56,76)(H2,57,77)(H,59,78)(H,60,79)(H,80,81,82)(H2,61,62,64,65,66)/b39-27+,40-28-,69-67?,70-68?. The first kappa shape index (κ1) is 64.0. The molecule has 0 bridgehead atoms. The molecule has 0 radical (unpaired) electrons. The highest BCUT2D eigenvalue weighted by molar-refractivity contribution is 7.99. The Bertz CT molecular complexity index is 3970. The molecule has 0 aliphatic carbocycles. The monoisotopic (exact) mass is 1240 g/mol. The molecule has 3 heterocycles. The third-order valence-electron chi connectivity index (χ3n) is 12.1. The Hall–Kier alpha value is -9.53. The van der Waals surface area contributed by atoms with Crippen LogP contribution < -0.4 is 42.5 Å². The number of nitrogens with one attached hydrogen (secondary N) is 4. The minimum Gasteiger partial charge on any atom is -0.396 e. The summed E-state index contributed by atoms with van der Waals surface area (Å²) in [7, 11) is -5.07. The fourth-order valence-corrected chi connectivity index (χ4v) is 10.9. The number of ketones is 2. The van der Waals surface area contributed by atoms with Gasteiger partial charge in [-0.1, -0.05) is 46.6 Å². The number of nitrogens with two attached hydrogens (primary N) is 2. The lowest BCUT2D eigenvalue weighted by Gasteiger charge is -2.22. The number of anilines is 8. The minimum absolute atomic E-state index is 0.00652. The van der Waals surface area contributed by atoms with Crippen molar-refractivity contribution in [1.82, 2.24) is 24.9 Å². The van der Waals surface area contributed by atoms with E-state index in [1.165, 1.54) is 55.6 Å². The van der Waals surface area contributed by atoms with Gasteiger partial charge in [-0.15, -0.1) is 20.5 Å². The van der Waals surface area contributed by atoms with Crippen molar-refractivity contribution in [1.29, 1.82) is 0 Å². The molecule has 0 saturated carbocycles. The topological polar surface area (TPSA) is 398 Å². The Balaban J connectivity index is 1.22. The third kappa shape index (κ3) is 17.1. The quantitative estimate of drug-likeness (QED) is 0.00565. The van der Waals surface area contributed by atoms with Crippen LogP contribution in [0.3, 0.4) is 0 Å². The van der Waals surface area contributed by atoms with Crippen molar-refractivity contribution in [2.45, 2.75) is 51.7 Å². The average Bonchev–Trinajstić information content (AvgIpc) is 2.67. The van der Waals surface area contributed by atoms with E-state index in [2.05, 4.69) is 71.5 Å². The number of benzene rings is 4. The summed E-state index contributed by atoms with van der Waals surface area (Å²) >= 11 is 2.80. The summed E-state index contributed by atoms with van der Waals surface area (Å²) < 4.78 is 35.6. The summed E-state index contributed by atoms with van der Waals surface area (Å²) in [6, 6.07) is 22.2. The van der Waals surface area contributed by atoms with Crippen LogP contribution in [0.4, 0.5) is 67.7 Å². The molecular weight excluding hydrogens is 1190 g/mol. The first-order valence-electron chi connectivity index (χ1n) is 26.1. The Labute approximate surface area is 505 Å². The SMILES string of the molecule is CCN(CC)c1ccc(N=Nc2ncc(/C=C(\C(C)=O)C(=O)Nc3cccc(C(N)=O)c3)s2)c(Nc2nc(Nc3cc(N(CC)CC)ccc3N=Nc3nc(S(=O)(=O)O)c(/C=C(/C(C)=O)C(=O)Nc4cccc(C(N)=O)c4)s3)nc(SCCO)n2)c1. The first-order chi connectivity index (χ1) is 41.1. The lowest BCUT2D eigenvalue weighted by atomic mass is 10.1. The molecule has 4 amide bonds. The lowest BCUT2D eigenvalue weighted by Crippen LogP contribution is -2.21. The van der Waals surface area contributed by atoms with E-state index in [1.807, 2.05) is 39.8 Å². The van der Waals surface area contributed by atoms with Crippen LogP contribution in [0.1, 0.15) is 72.0 Å². The molecule has 10 N–H and O–H groups in total. The Morgan fingerprint density at radius 3 is 1.58 bits per heavy atom. The third-order valence-corrected chi connectivity index (χ3v) is 15.6. The number of rotatable bonds is 28. The number of azo groups is 2. The molecule has 0 spiro atoms. The summed E-state index contributed by atoms with van der Waals surface area (Å²) in [5.41, 5.74) is 13.5. The van der Waals surface area contributed by atoms with Crippen LogP contribution in [0.25, 0.3) is 12.2 Å². The van der Waals surface area contributed by atoms with E-state index in [4.69, 9.17) is 16.5 Å². The molecule has 31 heteroatoms. The van der Waals surface area contributed by atoms with E-state index >= 15 is 0 Å². The molecule has 0 atom stereocenters. The number of thiazole rings is 2. The second-order valence-corrected chi connectivity index (χ2v) is 22.4. The van der Waals surface area contributed by atoms with Gasteiger partial charge in [0.1, 0.15) is 11.4 Å². The molecule has 86 heavy (non-hydrogen) atoms. The van der Waals surface area contributed by atoms with Crippen LogP contribution in [0.15, 0.2) is 133 Å². The fraction of sp³-hybridized carbons (Fsp3) is 0.218. The highest BCUT2D eigenvalue weighted by Crippen LogP contribution is 2.38. The van der Waals surface area contributed by atoms with Gasteiger partial charge in [0.05, 0.1) is 38.9 Å². The summed E-state index contributed by atoms with van der Waals surface area (Å²) in [5.74, 6) is -4.18. The van der Waals surface area contributed by atoms with E-state index in [1.54, 1.807) is 36.4 Å². The Morgan fingerprint density at radius 2 is 1.13 bits per heavy atom. The molecular formula is C55H57N17O10S4. The highest BCUT2D eigenvalue weighted by atomic mass is 32.2. The van der Waals surface area contributed by atoms with Crippen molar-refractivity contribution in [3.8, 4) is 0 Å². The maximum Gasteiger partial charge on any atom is 0.313 e. The zero-order valence-electron chi connectivity index (χ0n) is 46.9. The normalized spacial score (nSPS) is 11.9. The zero-order chi connectivity index (χ0) is 62.2. The van der Waals surface area contributed by atoms with Crippen LogP contribution in [0, 0.1) is 0 Å². The molecule has 3 aromatic heterocycles. The number of hydrogen-bond donors (Lipinski definition) is 8. The number of aliphatic hydroxyl groups excluding tert-OH is 1. The van der Waals surface area contributed by atoms with Gasteiger partial charge < -0.3 is 47.6 Å². The van der Waals surface area contributed by atoms with Gasteiger partial charge in [0.2, 0.25) is 39.0 Å². The van der Waals surface area contributed by atoms with Gasteiger partial charge in [-0.05, 0) is 126 Å². The molecule has 27 nitrogen and oxygen atoms in total. The summed E-state index contributed by atoms with van der Waals surface area (Å²) in [6.45, 7) is 12.7. The van der Waals surface area contributed by atoms with Crippen LogP contribution in [0.2, 0.25) is 0 Å². The van der Waals surface area contributed by atoms with E-state index in [9.17, 15) is 46.8 Å². The summed E-state index contributed by atoms with van der Waals surface area (Å²) in [6.07, 6.45) is 3.75. The lowest BCUT2D eigenvalue weighted by molar-refractivity contribution is -0.120. The second-order valence-electron chi connectivity index (χ2n) is 17.9. The smallest absolute Gasteiger partial charge is 0.313 e. The van der Waals surface area contributed by atoms with Crippen molar-refractivity contribution in [2.24, 2.45) is 31.9 Å². The minimum atomic E-state index is -5.07. The molecule has 4 aromatic carbocycles. The predicted octanol–water partition coefficient (Wildman–Crippen LogP) is 9.55. The van der Waals surface area contributed by atoms with Crippen LogP contribution in [-0.4, -0.2) is 117 Å². The predicted molar refractivity (Wildman–Crippen MR) is 331 cm³/mol. The molecule has 0 aliphatic rings. The number of primary amides is 2. The average molecular weight is 1240 g/mol. The van der Waals surface area contributed by atoms with Crippen molar-refractivity contribution < 1.29 is 46.8 Å². The number of aromatic nitrogens is 5. The zero-order valence-corrected chi connectivity index (χ0v) is 50.2. The molecule has 7 rings (SSSR count).